The molecule has 0 aromatic heterocycles. The normalized spacial score (nSPS) is 9.14. The maximum atomic E-state index is 11.0. The third kappa shape index (κ3) is 3.08. The van der Waals surface area contributed by atoms with E-state index in [0.717, 1.165) is 5.56 Å². The van der Waals surface area contributed by atoms with Gasteiger partial charge >= 0.3 is 0 Å². The standard InChI is InChI=1S/C10H9ClN2O/c11-9-4-2-1-3-8(9)5-6-10(14)13-7-12/h1-4H,5-6H2,(H,13,14). The Bertz CT molecular complexity index is 371. The van der Waals surface area contributed by atoms with Crippen LogP contribution in [0.3, 0.4) is 0 Å². The van der Waals surface area contributed by atoms with Gasteiger partial charge in [0.1, 0.15) is 0 Å². The fourth-order valence-corrected chi connectivity index (χ4v) is 1.30. The lowest BCUT2D eigenvalue weighted by molar-refractivity contribution is -0.119. The first-order valence-electron chi connectivity index (χ1n) is 4.15. The van der Waals surface area contributed by atoms with Crippen LogP contribution < -0.4 is 5.32 Å². The molecule has 0 fully saturated rings. The van der Waals surface area contributed by atoms with E-state index < -0.39 is 0 Å². The summed E-state index contributed by atoms with van der Waals surface area (Å²) in [5, 5.41) is 10.9. The summed E-state index contributed by atoms with van der Waals surface area (Å²) in [5.74, 6) is -0.285. The minimum atomic E-state index is -0.285. The van der Waals surface area contributed by atoms with Gasteiger partial charge in [0.2, 0.25) is 5.91 Å². The number of aryl methyl sites for hydroxylation is 1. The molecule has 0 heterocycles. The number of halogens is 1. The molecule has 1 N–H and O–H groups in total. The molecule has 72 valence electrons. The summed E-state index contributed by atoms with van der Waals surface area (Å²) >= 11 is 5.89. The van der Waals surface area contributed by atoms with Crippen LogP contribution in [0, 0.1) is 11.5 Å². The van der Waals surface area contributed by atoms with Crippen LogP contribution in [0.15, 0.2) is 24.3 Å². The van der Waals surface area contributed by atoms with E-state index in [1.165, 1.54) is 0 Å². The Morgan fingerprint density at radius 3 is 2.86 bits per heavy atom. The molecule has 1 aromatic rings. The Labute approximate surface area is 87.3 Å². The summed E-state index contributed by atoms with van der Waals surface area (Å²) in [6.45, 7) is 0. The second kappa shape index (κ2) is 5.25. The third-order valence-electron chi connectivity index (χ3n) is 1.77. The molecule has 0 aliphatic rings. The van der Waals surface area contributed by atoms with Gasteiger partial charge in [-0.1, -0.05) is 29.8 Å². The SMILES string of the molecule is N#CNC(=O)CCc1ccccc1Cl. The van der Waals surface area contributed by atoms with Gasteiger partial charge in [0.05, 0.1) is 0 Å². The van der Waals surface area contributed by atoms with E-state index in [0.29, 0.717) is 11.4 Å². The van der Waals surface area contributed by atoms with Gasteiger partial charge in [-0.05, 0) is 18.1 Å². The molecule has 0 bridgehead atoms. The van der Waals surface area contributed by atoms with Crippen molar-refractivity contribution in [2.75, 3.05) is 0 Å². The molecular formula is C10H9ClN2O. The van der Waals surface area contributed by atoms with Crippen LogP contribution in [-0.4, -0.2) is 5.91 Å². The largest absolute Gasteiger partial charge is 0.274 e. The Kier molecular flexibility index (Phi) is 3.96. The number of rotatable bonds is 3. The van der Waals surface area contributed by atoms with Crippen molar-refractivity contribution in [3.63, 3.8) is 0 Å². The Balaban J connectivity index is 2.51. The summed E-state index contributed by atoms with van der Waals surface area (Å²) in [5.41, 5.74) is 0.919. The van der Waals surface area contributed by atoms with Crippen molar-refractivity contribution in [1.82, 2.24) is 5.32 Å². The molecule has 0 radical (unpaired) electrons. The zero-order valence-corrected chi connectivity index (χ0v) is 8.21. The summed E-state index contributed by atoms with van der Waals surface area (Å²) in [4.78, 5) is 11.0. The maximum Gasteiger partial charge on any atom is 0.233 e. The number of nitrogens with zero attached hydrogens (tertiary/aromatic N) is 1. The lowest BCUT2D eigenvalue weighted by Crippen LogP contribution is -2.17. The van der Waals surface area contributed by atoms with Gasteiger partial charge < -0.3 is 0 Å². The molecule has 1 aromatic carbocycles. The number of nitriles is 1. The molecule has 0 saturated carbocycles. The van der Waals surface area contributed by atoms with E-state index in [9.17, 15) is 4.79 Å². The van der Waals surface area contributed by atoms with Crippen LogP contribution in [0.2, 0.25) is 5.02 Å². The minimum absolute atomic E-state index is 0.275. The number of carbonyl (C=O) groups excluding carboxylic acids is 1. The number of nitrogens with one attached hydrogen (secondary N) is 1. The first kappa shape index (κ1) is 10.6. The van der Waals surface area contributed by atoms with E-state index in [4.69, 9.17) is 16.9 Å². The van der Waals surface area contributed by atoms with Crippen molar-refractivity contribution in [3.8, 4) is 6.19 Å². The van der Waals surface area contributed by atoms with Crippen LogP contribution >= 0.6 is 11.6 Å². The molecule has 0 aliphatic carbocycles. The average Bonchev–Trinajstić information content (AvgIpc) is 2.17. The van der Waals surface area contributed by atoms with Crippen LogP contribution in [0.4, 0.5) is 0 Å². The lowest BCUT2D eigenvalue weighted by Gasteiger charge is -2.01. The van der Waals surface area contributed by atoms with Crippen molar-refractivity contribution in [1.29, 1.82) is 5.26 Å². The summed E-state index contributed by atoms with van der Waals surface area (Å²) in [6.07, 6.45) is 2.41. The second-order valence-electron chi connectivity index (χ2n) is 2.75. The van der Waals surface area contributed by atoms with Crippen LogP contribution in [0.5, 0.6) is 0 Å². The maximum absolute atomic E-state index is 11.0. The molecule has 0 atom stereocenters. The molecular weight excluding hydrogens is 200 g/mol. The van der Waals surface area contributed by atoms with Gasteiger partial charge in [-0.15, -0.1) is 0 Å². The first-order valence-corrected chi connectivity index (χ1v) is 4.53. The molecule has 14 heavy (non-hydrogen) atoms. The zero-order valence-electron chi connectivity index (χ0n) is 7.46. The second-order valence-corrected chi connectivity index (χ2v) is 3.16. The van der Waals surface area contributed by atoms with Gasteiger partial charge in [-0.25, -0.2) is 0 Å². The molecule has 0 spiro atoms. The summed E-state index contributed by atoms with van der Waals surface area (Å²) in [7, 11) is 0. The van der Waals surface area contributed by atoms with E-state index in [2.05, 4.69) is 5.32 Å². The number of benzene rings is 1. The molecule has 1 amide bonds. The quantitative estimate of drug-likeness (QED) is 0.609. The molecule has 0 unspecified atom stereocenters. The fraction of sp³-hybridized carbons (Fsp3) is 0.200. The highest BCUT2D eigenvalue weighted by Gasteiger charge is 2.03. The molecule has 3 nitrogen and oxygen atoms in total. The highest BCUT2D eigenvalue weighted by atomic mass is 35.5. The van der Waals surface area contributed by atoms with Crippen molar-refractivity contribution in [3.05, 3.63) is 34.9 Å². The van der Waals surface area contributed by atoms with Crippen LogP contribution in [0.1, 0.15) is 12.0 Å². The number of carbonyl (C=O) groups is 1. The van der Waals surface area contributed by atoms with E-state index in [1.807, 2.05) is 18.2 Å². The summed E-state index contributed by atoms with van der Waals surface area (Å²) in [6, 6.07) is 7.34. The van der Waals surface area contributed by atoms with Gasteiger partial charge in [-0.2, -0.15) is 5.26 Å². The van der Waals surface area contributed by atoms with Gasteiger partial charge in [-0.3, -0.25) is 10.1 Å². The monoisotopic (exact) mass is 208 g/mol. The Hall–Kier alpha value is -1.53. The third-order valence-corrected chi connectivity index (χ3v) is 2.14. The van der Waals surface area contributed by atoms with Crippen molar-refractivity contribution in [2.45, 2.75) is 12.8 Å². The highest BCUT2D eigenvalue weighted by molar-refractivity contribution is 6.31. The average molecular weight is 209 g/mol. The van der Waals surface area contributed by atoms with Crippen molar-refractivity contribution < 1.29 is 4.79 Å². The number of hydrogen-bond acceptors (Lipinski definition) is 2. The minimum Gasteiger partial charge on any atom is -0.274 e. The topological polar surface area (TPSA) is 52.9 Å². The summed E-state index contributed by atoms with van der Waals surface area (Å²) < 4.78 is 0. The Morgan fingerprint density at radius 1 is 1.50 bits per heavy atom. The van der Waals surface area contributed by atoms with E-state index in [-0.39, 0.29) is 12.3 Å². The van der Waals surface area contributed by atoms with E-state index >= 15 is 0 Å². The predicted octanol–water partition coefficient (Wildman–Crippen LogP) is 1.87. The molecule has 1 rings (SSSR count). The molecule has 0 saturated heterocycles. The van der Waals surface area contributed by atoms with Crippen LogP contribution in [-0.2, 0) is 11.2 Å². The zero-order chi connectivity index (χ0) is 10.4. The van der Waals surface area contributed by atoms with Gasteiger partial charge in [0.15, 0.2) is 6.19 Å². The molecule has 0 aliphatic heterocycles. The predicted molar refractivity (Wildman–Crippen MR) is 53.5 cm³/mol. The highest BCUT2D eigenvalue weighted by Crippen LogP contribution is 2.16. The first-order chi connectivity index (χ1) is 6.74. The van der Waals surface area contributed by atoms with Gasteiger partial charge in [0.25, 0.3) is 0 Å². The van der Waals surface area contributed by atoms with Crippen molar-refractivity contribution in [2.24, 2.45) is 0 Å². The number of hydrogen-bond donors (Lipinski definition) is 1. The van der Waals surface area contributed by atoms with Gasteiger partial charge in [0, 0.05) is 11.4 Å². The van der Waals surface area contributed by atoms with Crippen LogP contribution in [0.25, 0.3) is 0 Å². The Morgan fingerprint density at radius 2 is 2.21 bits per heavy atom. The van der Waals surface area contributed by atoms with E-state index in [1.54, 1.807) is 12.3 Å². The molecule has 4 heteroatoms. The van der Waals surface area contributed by atoms with Crippen molar-refractivity contribution >= 4 is 17.5 Å². The number of amides is 1. The lowest BCUT2D eigenvalue weighted by atomic mass is 10.1. The fourth-order valence-electron chi connectivity index (χ4n) is 1.07. The smallest absolute Gasteiger partial charge is 0.233 e.